The lowest BCUT2D eigenvalue weighted by atomic mass is 9.99. The first kappa shape index (κ1) is 27.3. The van der Waals surface area contributed by atoms with Crippen molar-refractivity contribution in [2.75, 3.05) is 44.7 Å². The fraction of sp³-hybridized carbons (Fsp3) is 0.435. The van der Waals surface area contributed by atoms with Gasteiger partial charge in [-0.3, -0.25) is 4.79 Å². The number of piperidine rings is 1. The number of sulfonamides is 2. The number of rotatable bonds is 7. The van der Waals surface area contributed by atoms with Gasteiger partial charge in [-0.25, -0.2) is 21.1 Å². The predicted molar refractivity (Wildman–Crippen MR) is 138 cm³/mol. The minimum atomic E-state index is -3.70. The zero-order valence-electron chi connectivity index (χ0n) is 19.4. The predicted octanol–water partition coefficient (Wildman–Crippen LogP) is 3.19. The Balaban J connectivity index is 1.38. The van der Waals surface area contributed by atoms with Gasteiger partial charge in [0.25, 0.3) is 0 Å². The Morgan fingerprint density at radius 3 is 2.33 bits per heavy atom. The zero-order valence-corrected chi connectivity index (χ0v) is 22.5. The Bertz CT molecular complexity index is 1310. The molecule has 13 heteroatoms. The van der Waals surface area contributed by atoms with Gasteiger partial charge in [0, 0.05) is 41.9 Å². The number of carbonyl (C=O) groups excluding carboxylic acids is 1. The van der Waals surface area contributed by atoms with Crippen LogP contribution in [0.25, 0.3) is 0 Å². The van der Waals surface area contributed by atoms with Gasteiger partial charge in [0.1, 0.15) is 0 Å². The molecular weight excluding hydrogens is 549 g/mol. The molecule has 1 N–H and O–H groups in total. The van der Waals surface area contributed by atoms with Gasteiger partial charge >= 0.3 is 0 Å². The molecular formula is C23H27Cl2N3O6S2. The zero-order chi connectivity index (χ0) is 25.9. The maximum atomic E-state index is 13.0. The van der Waals surface area contributed by atoms with Crippen LogP contribution in [0.2, 0.25) is 10.0 Å². The number of anilines is 1. The summed E-state index contributed by atoms with van der Waals surface area (Å²) in [6.45, 7) is 1.69. The number of nitrogens with zero attached hydrogens (tertiary/aromatic N) is 2. The van der Waals surface area contributed by atoms with Crippen LogP contribution in [-0.2, 0) is 35.3 Å². The number of hydrogen-bond donors (Lipinski definition) is 1. The van der Waals surface area contributed by atoms with Crippen LogP contribution in [-0.4, -0.2) is 70.7 Å². The van der Waals surface area contributed by atoms with Crippen molar-refractivity contribution >= 4 is 54.8 Å². The van der Waals surface area contributed by atoms with Crippen molar-refractivity contribution in [2.24, 2.45) is 5.92 Å². The normalized spacial score (nSPS) is 20.2. The first-order chi connectivity index (χ1) is 17.1. The molecule has 1 atom stereocenters. The minimum absolute atomic E-state index is 0.0584. The standard InChI is InChI=1S/C23H27Cl2N3O6S2/c24-19-4-3-18(22(25)14-19)16-35(30,31)28-9-1-2-17(15-28)23(29)26-20-5-7-21(8-6-20)36(32,33)27-10-12-34-13-11-27/h3-8,14,17H,1-2,9-13,15-16H2,(H,26,29)/t17-/m1/s1. The molecule has 9 nitrogen and oxygen atoms in total. The van der Waals surface area contributed by atoms with Gasteiger partial charge in [0.15, 0.2) is 0 Å². The minimum Gasteiger partial charge on any atom is -0.379 e. The maximum absolute atomic E-state index is 13.0. The number of morpholine rings is 1. The second kappa shape index (κ2) is 11.3. The second-order valence-corrected chi connectivity index (χ2v) is 13.5. The Morgan fingerprint density at radius 2 is 1.67 bits per heavy atom. The van der Waals surface area contributed by atoms with Crippen LogP contribution in [0.1, 0.15) is 18.4 Å². The van der Waals surface area contributed by atoms with E-state index < -0.39 is 26.0 Å². The van der Waals surface area contributed by atoms with Crippen LogP contribution in [0.15, 0.2) is 47.4 Å². The molecule has 2 aromatic rings. The average molecular weight is 577 g/mol. The van der Waals surface area contributed by atoms with Crippen LogP contribution < -0.4 is 5.32 Å². The lowest BCUT2D eigenvalue weighted by Crippen LogP contribution is -2.44. The van der Waals surface area contributed by atoms with Gasteiger partial charge < -0.3 is 10.1 Å². The van der Waals surface area contributed by atoms with E-state index in [1.54, 1.807) is 12.1 Å². The Kier molecular flexibility index (Phi) is 8.60. The van der Waals surface area contributed by atoms with E-state index in [0.717, 1.165) is 0 Å². The highest BCUT2D eigenvalue weighted by Gasteiger charge is 2.33. The summed E-state index contributed by atoms with van der Waals surface area (Å²) in [5, 5.41) is 3.48. The van der Waals surface area contributed by atoms with Crippen molar-refractivity contribution in [3.05, 3.63) is 58.1 Å². The summed E-state index contributed by atoms with van der Waals surface area (Å²) in [5.41, 5.74) is 0.883. The number of nitrogens with one attached hydrogen (secondary N) is 1. The van der Waals surface area contributed by atoms with Crippen molar-refractivity contribution in [3.63, 3.8) is 0 Å². The van der Waals surface area contributed by atoms with Crippen molar-refractivity contribution in [2.45, 2.75) is 23.5 Å². The third-order valence-electron chi connectivity index (χ3n) is 6.23. The lowest BCUT2D eigenvalue weighted by Gasteiger charge is -2.31. The molecule has 0 aromatic heterocycles. The monoisotopic (exact) mass is 575 g/mol. The summed E-state index contributed by atoms with van der Waals surface area (Å²) in [6.07, 6.45) is 1.09. The lowest BCUT2D eigenvalue weighted by molar-refractivity contribution is -0.120. The average Bonchev–Trinajstić information content (AvgIpc) is 2.87. The Morgan fingerprint density at radius 1 is 0.972 bits per heavy atom. The molecule has 0 saturated carbocycles. The fourth-order valence-corrected chi connectivity index (χ4v) is 7.83. The van der Waals surface area contributed by atoms with Crippen molar-refractivity contribution < 1.29 is 26.4 Å². The van der Waals surface area contributed by atoms with Gasteiger partial charge in [0.05, 0.1) is 29.8 Å². The third kappa shape index (κ3) is 6.39. The molecule has 0 unspecified atom stereocenters. The second-order valence-electron chi connectivity index (χ2n) is 8.72. The first-order valence-electron chi connectivity index (χ1n) is 11.5. The summed E-state index contributed by atoms with van der Waals surface area (Å²) >= 11 is 12.0. The van der Waals surface area contributed by atoms with Crippen LogP contribution in [0.4, 0.5) is 5.69 Å². The number of hydrogen-bond acceptors (Lipinski definition) is 6. The molecule has 2 heterocycles. The number of benzene rings is 2. The number of ether oxygens (including phenoxy) is 1. The van der Waals surface area contributed by atoms with Gasteiger partial charge in [-0.2, -0.15) is 4.31 Å². The molecule has 2 aliphatic rings. The molecule has 0 radical (unpaired) electrons. The van der Waals surface area contributed by atoms with Crippen molar-refractivity contribution in [3.8, 4) is 0 Å². The summed E-state index contributed by atoms with van der Waals surface area (Å²) in [6, 6.07) is 10.6. The summed E-state index contributed by atoms with van der Waals surface area (Å²) in [4.78, 5) is 13.0. The SMILES string of the molecule is O=C(Nc1ccc(S(=O)(=O)N2CCOCC2)cc1)[C@@H]1CCCN(S(=O)(=O)Cc2ccc(Cl)cc2Cl)C1. The summed E-state index contributed by atoms with van der Waals surface area (Å²) in [5.74, 6) is -1.13. The van der Waals surface area contributed by atoms with Gasteiger partial charge in [-0.05, 0) is 54.8 Å². The highest BCUT2D eigenvalue weighted by molar-refractivity contribution is 7.89. The van der Waals surface area contributed by atoms with Crippen LogP contribution in [0, 0.1) is 5.92 Å². The van der Waals surface area contributed by atoms with Crippen LogP contribution in [0.5, 0.6) is 0 Å². The van der Waals surface area contributed by atoms with Gasteiger partial charge in [0.2, 0.25) is 26.0 Å². The van der Waals surface area contributed by atoms with Gasteiger partial charge in [-0.15, -0.1) is 0 Å². The van der Waals surface area contributed by atoms with Crippen LogP contribution in [0.3, 0.4) is 0 Å². The molecule has 2 saturated heterocycles. The molecule has 2 fully saturated rings. The molecule has 0 spiro atoms. The fourth-order valence-electron chi connectivity index (χ4n) is 4.23. The van der Waals surface area contributed by atoms with E-state index >= 15 is 0 Å². The van der Waals surface area contributed by atoms with E-state index in [9.17, 15) is 21.6 Å². The van der Waals surface area contributed by atoms with E-state index in [-0.39, 0.29) is 28.1 Å². The van der Waals surface area contributed by atoms with Gasteiger partial charge in [-0.1, -0.05) is 29.3 Å². The maximum Gasteiger partial charge on any atom is 0.243 e. The van der Waals surface area contributed by atoms with E-state index in [4.69, 9.17) is 27.9 Å². The molecule has 2 aromatic carbocycles. The molecule has 2 aliphatic heterocycles. The van der Waals surface area contributed by atoms with E-state index in [1.807, 2.05) is 0 Å². The molecule has 0 bridgehead atoms. The summed E-state index contributed by atoms with van der Waals surface area (Å²) in [7, 11) is -7.33. The molecule has 36 heavy (non-hydrogen) atoms. The topological polar surface area (TPSA) is 113 Å². The summed E-state index contributed by atoms with van der Waals surface area (Å²) < 4.78 is 59.5. The van der Waals surface area contributed by atoms with E-state index in [0.29, 0.717) is 62.0 Å². The quantitative estimate of drug-likeness (QED) is 0.542. The highest BCUT2D eigenvalue weighted by Crippen LogP contribution is 2.27. The largest absolute Gasteiger partial charge is 0.379 e. The number of amides is 1. The van der Waals surface area contributed by atoms with Crippen molar-refractivity contribution in [1.29, 1.82) is 0 Å². The molecule has 1 amide bonds. The molecule has 196 valence electrons. The number of carbonyl (C=O) groups is 1. The van der Waals surface area contributed by atoms with E-state index in [1.165, 1.54) is 38.9 Å². The first-order valence-corrected chi connectivity index (χ1v) is 15.3. The Hall–Kier alpha value is -1.73. The van der Waals surface area contributed by atoms with Crippen molar-refractivity contribution in [1.82, 2.24) is 8.61 Å². The van der Waals surface area contributed by atoms with Crippen LogP contribution >= 0.6 is 23.2 Å². The highest BCUT2D eigenvalue weighted by atomic mass is 35.5. The molecule has 0 aliphatic carbocycles. The Labute approximate surface area is 221 Å². The smallest absolute Gasteiger partial charge is 0.243 e. The number of halogens is 2. The third-order valence-corrected chi connectivity index (χ3v) is 10.5. The van der Waals surface area contributed by atoms with E-state index in [2.05, 4.69) is 5.32 Å². The molecule has 4 rings (SSSR count).